The highest BCUT2D eigenvalue weighted by Crippen LogP contribution is 2.60. The molecule has 3 aliphatic carbocycles. The second kappa shape index (κ2) is 13.4. The molecule has 6 nitrogen and oxygen atoms in total. The fraction of sp³-hybridized carbons (Fsp3) is 0.0862. The summed E-state index contributed by atoms with van der Waals surface area (Å²) in [6.45, 7) is 2.15. The van der Waals surface area contributed by atoms with Gasteiger partial charge in [0.1, 0.15) is 0 Å². The largest absolute Gasteiger partial charge is 0.490 e. The monoisotopic (exact) mass is 820 g/mol. The van der Waals surface area contributed by atoms with Gasteiger partial charge in [-0.1, -0.05) is 137 Å². The predicted octanol–water partition coefficient (Wildman–Crippen LogP) is 10.9. The van der Waals surface area contributed by atoms with Gasteiger partial charge in [-0.2, -0.15) is 0 Å². The van der Waals surface area contributed by atoms with Gasteiger partial charge in [-0.3, -0.25) is 19.9 Å². The maximum atomic E-state index is 5.22. The number of nitrogens with zero attached hydrogens (tertiary/aromatic N) is 6. The van der Waals surface area contributed by atoms with Gasteiger partial charge in [0.05, 0.1) is 39.2 Å². The lowest BCUT2D eigenvalue weighted by molar-refractivity contribution is -0.533. The number of aromatic nitrogens is 4. The third-order valence-electron chi connectivity index (χ3n) is 14.2. The molecule has 3 unspecified atom stereocenters. The standard InChI is InChI=1S/C58H40N6/c1-38-27-31-59-52(34-38)57(47-22-7-4-19-44(47)54-50(57)25-12-29-61-54)41-16-9-14-39(35-41)56(46-21-6-3-18-43(46)53-49(56)24-11-28-60-53)40-15-10-17-42(36-40)58(64-33-32-63(2)37-64)48-23-8-5-20-45(48)55-51(58)26-13-30-62-55/h3-36H,1-2H3/q+2. The van der Waals surface area contributed by atoms with Crippen LogP contribution in [0.25, 0.3) is 33.8 Å². The molecular weight excluding hydrogens is 781 g/mol. The van der Waals surface area contributed by atoms with Crippen molar-refractivity contribution >= 4 is 6.01 Å². The van der Waals surface area contributed by atoms with Crippen LogP contribution >= 0.6 is 0 Å². The van der Waals surface area contributed by atoms with Crippen LogP contribution in [0.15, 0.2) is 207 Å². The van der Waals surface area contributed by atoms with Gasteiger partial charge in [-0.05, 0) is 93.9 Å². The van der Waals surface area contributed by atoms with Gasteiger partial charge >= 0.3 is 6.01 Å². The Morgan fingerprint density at radius 3 is 1.50 bits per heavy atom. The lowest BCUT2D eigenvalue weighted by Crippen LogP contribution is -2.38. The Labute approximate surface area is 371 Å². The molecule has 5 aromatic carbocycles. The first-order valence-corrected chi connectivity index (χ1v) is 21.8. The quantitative estimate of drug-likeness (QED) is 0.157. The van der Waals surface area contributed by atoms with Crippen LogP contribution in [0.3, 0.4) is 0 Å². The van der Waals surface area contributed by atoms with E-state index in [0.717, 1.165) is 89.5 Å². The molecule has 6 heteroatoms. The van der Waals surface area contributed by atoms with Crippen LogP contribution in [-0.2, 0) is 16.4 Å². The van der Waals surface area contributed by atoms with Crippen molar-refractivity contribution in [2.75, 3.05) is 7.05 Å². The van der Waals surface area contributed by atoms with Crippen molar-refractivity contribution in [1.29, 1.82) is 0 Å². The number of rotatable bonds is 6. The normalized spacial score (nSPS) is 20.4. The Kier molecular flexibility index (Phi) is 7.64. The molecule has 1 aliphatic heterocycles. The van der Waals surface area contributed by atoms with Crippen molar-refractivity contribution in [1.82, 2.24) is 19.9 Å². The first kappa shape index (κ1) is 36.5. The van der Waals surface area contributed by atoms with Crippen molar-refractivity contribution in [2.45, 2.75) is 23.3 Å². The summed E-state index contributed by atoms with van der Waals surface area (Å²) < 4.78 is 4.24. The van der Waals surface area contributed by atoms with Crippen LogP contribution in [-0.4, -0.2) is 42.1 Å². The smallest absolute Gasteiger partial charge is 0.260 e. The van der Waals surface area contributed by atoms with Crippen molar-refractivity contribution in [2.24, 2.45) is 0 Å². The molecule has 0 saturated carbocycles. The molecule has 13 rings (SSSR count). The third kappa shape index (κ3) is 4.59. The Morgan fingerprint density at radius 2 is 0.891 bits per heavy atom. The molecule has 0 N–H and O–H groups in total. The van der Waals surface area contributed by atoms with E-state index in [-0.39, 0.29) is 0 Å². The summed E-state index contributed by atoms with van der Waals surface area (Å²) in [5, 5.41) is 0. The van der Waals surface area contributed by atoms with E-state index < -0.39 is 16.4 Å². The summed E-state index contributed by atoms with van der Waals surface area (Å²) >= 11 is 0. The number of hydrogen-bond donors (Lipinski definition) is 0. The first-order valence-electron chi connectivity index (χ1n) is 21.8. The second-order valence-corrected chi connectivity index (χ2v) is 17.3. The SMILES string of the molecule is Cc1ccnc(C2(c3cccc(C4(c5cccc(C6([N+]7=C=[N+](C)C=C7)c7ccccc7-c7ncccc76)c5)c5ccccc5-c5ncccc54)c3)c3ccccc3-c3ncccc32)c1. The molecule has 4 aromatic heterocycles. The molecular formula is C58H40N6+2. The molecule has 0 fully saturated rings. The van der Waals surface area contributed by atoms with E-state index in [9.17, 15) is 0 Å². The topological polar surface area (TPSA) is 57.6 Å². The Hall–Kier alpha value is -8.18. The van der Waals surface area contributed by atoms with Crippen LogP contribution in [0.1, 0.15) is 66.9 Å². The van der Waals surface area contributed by atoms with E-state index in [1.165, 1.54) is 11.1 Å². The number of pyridine rings is 4. The van der Waals surface area contributed by atoms with E-state index in [2.05, 4.69) is 200 Å². The van der Waals surface area contributed by atoms with E-state index in [0.29, 0.717) is 0 Å². The van der Waals surface area contributed by atoms with E-state index in [1.807, 2.05) is 36.4 Å². The minimum absolute atomic E-state index is 0.741. The predicted molar refractivity (Wildman–Crippen MR) is 249 cm³/mol. The van der Waals surface area contributed by atoms with E-state index >= 15 is 0 Å². The van der Waals surface area contributed by atoms with Crippen LogP contribution < -0.4 is 0 Å². The lowest BCUT2D eigenvalue weighted by atomic mass is 9.64. The van der Waals surface area contributed by atoms with Crippen LogP contribution in [0.5, 0.6) is 0 Å². The van der Waals surface area contributed by atoms with Gasteiger partial charge in [0.2, 0.25) is 12.4 Å². The van der Waals surface area contributed by atoms with Crippen LogP contribution in [0.2, 0.25) is 0 Å². The number of aryl methyl sites for hydroxylation is 1. The minimum atomic E-state index is -0.772. The molecule has 0 radical (unpaired) electrons. The average molecular weight is 821 g/mol. The minimum Gasteiger partial charge on any atom is -0.260 e. The van der Waals surface area contributed by atoms with Crippen molar-refractivity contribution in [3.8, 4) is 33.8 Å². The summed E-state index contributed by atoms with van der Waals surface area (Å²) in [4.78, 5) is 20.5. The zero-order chi connectivity index (χ0) is 42.6. The Balaban J connectivity index is 1.14. The summed E-state index contributed by atoms with van der Waals surface area (Å²) in [6.07, 6.45) is 11.9. The zero-order valence-electron chi connectivity index (χ0n) is 35.3. The summed E-state index contributed by atoms with van der Waals surface area (Å²) in [5.74, 6) is 0. The lowest BCUT2D eigenvalue weighted by Gasteiger charge is -2.37. The second-order valence-electron chi connectivity index (χ2n) is 17.3. The molecule has 0 bridgehead atoms. The van der Waals surface area contributed by atoms with Crippen LogP contribution in [0, 0.1) is 6.92 Å². The fourth-order valence-corrected chi connectivity index (χ4v) is 11.8. The van der Waals surface area contributed by atoms with Gasteiger partial charge in [-0.25, -0.2) is 0 Å². The van der Waals surface area contributed by atoms with Gasteiger partial charge in [0, 0.05) is 52.6 Å². The molecule has 0 amide bonds. The first-order chi connectivity index (χ1) is 31.5. The van der Waals surface area contributed by atoms with Crippen molar-refractivity contribution in [3.63, 3.8) is 0 Å². The fourth-order valence-electron chi connectivity index (χ4n) is 11.8. The highest BCUT2D eigenvalue weighted by atomic mass is 15.2. The molecule has 0 spiro atoms. The van der Waals surface area contributed by atoms with E-state index in [4.69, 9.17) is 19.9 Å². The average Bonchev–Trinajstić information content (AvgIpc) is 4.09. The molecule has 3 atom stereocenters. The molecule has 300 valence electrons. The maximum Gasteiger partial charge on any atom is 0.490 e. The number of hydrogen-bond acceptors (Lipinski definition) is 4. The Morgan fingerprint density at radius 1 is 0.406 bits per heavy atom. The highest BCUT2D eigenvalue weighted by Gasteiger charge is 2.58. The number of benzene rings is 5. The number of fused-ring (bicyclic) bond motifs is 9. The molecule has 5 heterocycles. The van der Waals surface area contributed by atoms with Crippen LogP contribution in [0.4, 0.5) is 0 Å². The molecule has 9 aromatic rings. The Bertz CT molecular complexity index is 3420. The van der Waals surface area contributed by atoms with Gasteiger partial charge in [-0.15, -0.1) is 0 Å². The summed E-state index contributed by atoms with van der Waals surface area (Å²) in [6, 6.07) is 65.8. The van der Waals surface area contributed by atoms with E-state index in [1.54, 1.807) is 0 Å². The summed E-state index contributed by atoms with van der Waals surface area (Å²) in [5.41, 5.74) is 17.6. The van der Waals surface area contributed by atoms with Gasteiger partial charge < -0.3 is 0 Å². The van der Waals surface area contributed by atoms with Gasteiger partial charge in [0.15, 0.2) is 7.05 Å². The zero-order valence-corrected chi connectivity index (χ0v) is 35.3. The third-order valence-corrected chi connectivity index (χ3v) is 14.2. The highest BCUT2D eigenvalue weighted by molar-refractivity contribution is 5.87. The van der Waals surface area contributed by atoms with Gasteiger partial charge in [0.25, 0.3) is 5.54 Å². The molecule has 4 aliphatic rings. The molecule has 0 saturated heterocycles. The molecule has 64 heavy (non-hydrogen) atoms. The maximum absolute atomic E-state index is 5.22. The van der Waals surface area contributed by atoms with Crippen molar-refractivity contribution < 1.29 is 9.15 Å². The van der Waals surface area contributed by atoms with Crippen molar-refractivity contribution in [3.05, 3.63) is 274 Å². The summed E-state index contributed by atoms with van der Waals surface area (Å²) in [7, 11) is 2.03.